The zero-order chi connectivity index (χ0) is 16.2. The van der Waals surface area contributed by atoms with Crippen molar-refractivity contribution in [3.8, 4) is 17.0 Å². The molecular weight excluding hydrogens is 294 g/mol. The van der Waals surface area contributed by atoms with Crippen molar-refractivity contribution in [1.82, 2.24) is 15.1 Å². The zero-order valence-corrected chi connectivity index (χ0v) is 13.5. The van der Waals surface area contributed by atoms with Crippen LogP contribution < -0.4 is 10.1 Å². The highest BCUT2D eigenvalue weighted by atomic mass is 16.5. The Morgan fingerprint density at radius 2 is 2.35 bits per heavy atom. The van der Waals surface area contributed by atoms with Crippen LogP contribution in [0.25, 0.3) is 11.3 Å². The summed E-state index contributed by atoms with van der Waals surface area (Å²) in [6, 6.07) is 6.06. The van der Waals surface area contributed by atoms with Gasteiger partial charge in [0.25, 0.3) is 0 Å². The molecule has 0 bridgehead atoms. The lowest BCUT2D eigenvalue weighted by Crippen LogP contribution is -2.29. The van der Waals surface area contributed by atoms with Crippen LogP contribution in [0.5, 0.6) is 5.75 Å². The van der Waals surface area contributed by atoms with Crippen LogP contribution >= 0.6 is 0 Å². The molecule has 2 heterocycles. The highest BCUT2D eigenvalue weighted by Gasteiger charge is 2.23. The number of aryl methyl sites for hydroxylation is 1. The minimum absolute atomic E-state index is 0.0484. The maximum atomic E-state index is 12.1. The van der Waals surface area contributed by atoms with Gasteiger partial charge in [0.2, 0.25) is 5.91 Å². The molecule has 0 radical (unpaired) electrons. The van der Waals surface area contributed by atoms with Gasteiger partial charge in [-0.05, 0) is 25.5 Å². The number of carbonyl (C=O) groups excluding carboxylic acids is 1. The van der Waals surface area contributed by atoms with E-state index in [0.717, 1.165) is 34.6 Å². The number of methoxy groups -OCH3 is 1. The quantitative estimate of drug-likeness (QED) is 0.827. The van der Waals surface area contributed by atoms with E-state index in [-0.39, 0.29) is 12.5 Å². The molecule has 1 N–H and O–H groups in total. The van der Waals surface area contributed by atoms with E-state index in [1.165, 1.54) is 0 Å². The number of amides is 1. The van der Waals surface area contributed by atoms with E-state index in [4.69, 9.17) is 9.47 Å². The summed E-state index contributed by atoms with van der Waals surface area (Å²) < 4.78 is 12.5. The number of nitrogens with one attached hydrogen (secondary N) is 1. The predicted molar refractivity (Wildman–Crippen MR) is 86.2 cm³/mol. The van der Waals surface area contributed by atoms with Crippen molar-refractivity contribution in [3.63, 3.8) is 0 Å². The van der Waals surface area contributed by atoms with E-state index in [1.807, 2.05) is 19.1 Å². The van der Waals surface area contributed by atoms with E-state index in [2.05, 4.69) is 16.5 Å². The summed E-state index contributed by atoms with van der Waals surface area (Å²) in [4.78, 5) is 12.1. The molecule has 3 rings (SSSR count). The molecule has 0 spiro atoms. The van der Waals surface area contributed by atoms with Gasteiger partial charge in [0.15, 0.2) is 0 Å². The number of ether oxygens (including phenoxy) is 2. The van der Waals surface area contributed by atoms with Crippen LogP contribution in [0.1, 0.15) is 17.5 Å². The third-order valence-electron chi connectivity index (χ3n) is 3.83. The normalized spacial score (nSPS) is 12.3. The minimum Gasteiger partial charge on any atom is -0.488 e. The van der Waals surface area contributed by atoms with Gasteiger partial charge in [0.05, 0.1) is 11.9 Å². The Balaban J connectivity index is 1.76. The van der Waals surface area contributed by atoms with Crippen molar-refractivity contribution in [2.75, 3.05) is 20.3 Å². The molecule has 2 aromatic rings. The van der Waals surface area contributed by atoms with Gasteiger partial charge in [-0.2, -0.15) is 5.10 Å². The number of rotatable bonds is 6. The molecule has 0 saturated heterocycles. The second-order valence-corrected chi connectivity index (χ2v) is 5.66. The fraction of sp³-hybridized carbons (Fsp3) is 0.412. The smallest absolute Gasteiger partial charge is 0.241 e. The van der Waals surface area contributed by atoms with Crippen molar-refractivity contribution in [2.24, 2.45) is 0 Å². The number of nitrogens with zero attached hydrogens (tertiary/aromatic N) is 2. The first-order valence-electron chi connectivity index (χ1n) is 7.73. The summed E-state index contributed by atoms with van der Waals surface area (Å²) >= 11 is 0. The molecule has 1 amide bonds. The van der Waals surface area contributed by atoms with Gasteiger partial charge in [-0.1, -0.05) is 11.6 Å². The summed E-state index contributed by atoms with van der Waals surface area (Å²) in [5, 5.41) is 7.25. The maximum Gasteiger partial charge on any atom is 0.241 e. The summed E-state index contributed by atoms with van der Waals surface area (Å²) in [6.45, 7) is 3.98. The third kappa shape index (κ3) is 3.37. The van der Waals surface area contributed by atoms with Crippen LogP contribution in [0, 0.1) is 6.92 Å². The molecule has 1 aliphatic heterocycles. The predicted octanol–water partition coefficient (Wildman–Crippen LogP) is 1.90. The average Bonchev–Trinajstić information content (AvgIpc) is 2.95. The van der Waals surface area contributed by atoms with Crippen LogP contribution in [0.3, 0.4) is 0 Å². The number of hydrogen-bond acceptors (Lipinski definition) is 4. The SMILES string of the molecule is COCCCNC(=O)Cn1ncc2c1-c1cc(C)ccc1OC2. The lowest BCUT2D eigenvalue weighted by Gasteiger charge is -2.19. The Kier molecular flexibility index (Phi) is 4.62. The van der Waals surface area contributed by atoms with E-state index in [0.29, 0.717) is 19.8 Å². The Hall–Kier alpha value is -2.34. The second kappa shape index (κ2) is 6.83. The van der Waals surface area contributed by atoms with E-state index in [1.54, 1.807) is 18.0 Å². The van der Waals surface area contributed by atoms with Gasteiger partial charge in [0.1, 0.15) is 18.9 Å². The van der Waals surface area contributed by atoms with Crippen molar-refractivity contribution < 1.29 is 14.3 Å². The van der Waals surface area contributed by atoms with Crippen LogP contribution in [0.15, 0.2) is 24.4 Å². The number of carbonyl (C=O) groups is 1. The Labute approximate surface area is 135 Å². The van der Waals surface area contributed by atoms with Gasteiger partial charge in [-0.15, -0.1) is 0 Å². The topological polar surface area (TPSA) is 65.4 Å². The summed E-state index contributed by atoms with van der Waals surface area (Å²) in [5.41, 5.74) is 4.13. The molecule has 0 saturated carbocycles. The third-order valence-corrected chi connectivity index (χ3v) is 3.83. The molecule has 6 nitrogen and oxygen atoms in total. The van der Waals surface area contributed by atoms with E-state index >= 15 is 0 Å². The largest absolute Gasteiger partial charge is 0.488 e. The Morgan fingerprint density at radius 1 is 1.48 bits per heavy atom. The van der Waals surface area contributed by atoms with Gasteiger partial charge < -0.3 is 14.8 Å². The molecule has 1 aromatic heterocycles. The van der Waals surface area contributed by atoms with Crippen LogP contribution in [-0.2, 0) is 22.7 Å². The lowest BCUT2D eigenvalue weighted by atomic mass is 10.0. The standard InChI is InChI=1S/C17H21N3O3/c1-12-4-5-15-14(8-12)17-13(11-23-15)9-19-20(17)10-16(21)18-6-3-7-22-2/h4-5,8-9H,3,6-7,10-11H2,1-2H3,(H,18,21). The van der Waals surface area contributed by atoms with Crippen LogP contribution in [-0.4, -0.2) is 35.9 Å². The molecule has 0 unspecified atom stereocenters. The molecule has 6 heteroatoms. The second-order valence-electron chi connectivity index (χ2n) is 5.66. The highest BCUT2D eigenvalue weighted by Crippen LogP contribution is 2.37. The van der Waals surface area contributed by atoms with Crippen LogP contribution in [0.2, 0.25) is 0 Å². The first kappa shape index (κ1) is 15.6. The summed E-state index contributed by atoms with van der Waals surface area (Å²) in [5.74, 6) is 0.790. The highest BCUT2D eigenvalue weighted by molar-refractivity contribution is 5.78. The Morgan fingerprint density at radius 3 is 3.17 bits per heavy atom. The van der Waals surface area contributed by atoms with Gasteiger partial charge >= 0.3 is 0 Å². The van der Waals surface area contributed by atoms with Crippen molar-refractivity contribution in [1.29, 1.82) is 0 Å². The van der Waals surface area contributed by atoms with E-state index in [9.17, 15) is 4.79 Å². The number of aromatic nitrogens is 2. The number of fused-ring (bicyclic) bond motifs is 3. The summed E-state index contributed by atoms with van der Waals surface area (Å²) in [7, 11) is 1.65. The molecular formula is C17H21N3O3. The first-order valence-corrected chi connectivity index (χ1v) is 7.73. The molecule has 1 aliphatic rings. The van der Waals surface area contributed by atoms with Gasteiger partial charge in [0, 0.05) is 31.4 Å². The van der Waals surface area contributed by atoms with Crippen molar-refractivity contribution in [2.45, 2.75) is 26.5 Å². The summed E-state index contributed by atoms with van der Waals surface area (Å²) in [6.07, 6.45) is 2.58. The lowest BCUT2D eigenvalue weighted by molar-refractivity contribution is -0.121. The zero-order valence-electron chi connectivity index (χ0n) is 13.5. The number of hydrogen-bond donors (Lipinski definition) is 1. The minimum atomic E-state index is -0.0484. The molecule has 23 heavy (non-hydrogen) atoms. The van der Waals surface area contributed by atoms with Crippen molar-refractivity contribution >= 4 is 5.91 Å². The average molecular weight is 315 g/mol. The molecule has 1 aromatic carbocycles. The van der Waals surface area contributed by atoms with Gasteiger partial charge in [-0.3, -0.25) is 9.48 Å². The van der Waals surface area contributed by atoms with Gasteiger partial charge in [-0.25, -0.2) is 0 Å². The maximum absolute atomic E-state index is 12.1. The fourth-order valence-electron chi connectivity index (χ4n) is 2.71. The monoisotopic (exact) mass is 315 g/mol. The molecule has 0 aliphatic carbocycles. The Bertz CT molecular complexity index is 709. The van der Waals surface area contributed by atoms with Crippen LogP contribution in [0.4, 0.5) is 0 Å². The fourth-order valence-corrected chi connectivity index (χ4v) is 2.71. The molecule has 0 atom stereocenters. The van der Waals surface area contributed by atoms with E-state index < -0.39 is 0 Å². The molecule has 122 valence electrons. The van der Waals surface area contributed by atoms with Crippen molar-refractivity contribution in [3.05, 3.63) is 35.5 Å². The first-order chi connectivity index (χ1) is 11.2. The molecule has 0 fully saturated rings. The number of benzene rings is 1.